The predicted molar refractivity (Wildman–Crippen MR) is 104 cm³/mol. The predicted octanol–water partition coefficient (Wildman–Crippen LogP) is 2.21. The lowest BCUT2D eigenvalue weighted by atomic mass is 10.1. The number of benzene rings is 2. The van der Waals surface area contributed by atoms with Gasteiger partial charge in [-0.3, -0.25) is 4.79 Å². The van der Waals surface area contributed by atoms with Gasteiger partial charge in [0.1, 0.15) is 6.54 Å². The van der Waals surface area contributed by atoms with Crippen LogP contribution in [0.5, 0.6) is 0 Å². The Morgan fingerprint density at radius 2 is 1.73 bits per heavy atom. The van der Waals surface area contributed by atoms with E-state index >= 15 is 0 Å². The van der Waals surface area contributed by atoms with Crippen LogP contribution < -0.4 is 10.2 Å². The molecule has 0 spiro atoms. The Balaban J connectivity index is 1.30. The fourth-order valence-electron chi connectivity index (χ4n) is 3.83. The van der Waals surface area contributed by atoms with Crippen LogP contribution in [0, 0.1) is 0 Å². The van der Waals surface area contributed by atoms with Crippen LogP contribution in [0.4, 0.5) is 0 Å². The number of aromatic nitrogens is 1. The maximum Gasteiger partial charge on any atom is 0.224 e. The van der Waals surface area contributed by atoms with Gasteiger partial charge in [-0.2, -0.15) is 0 Å². The molecule has 4 heteroatoms. The van der Waals surface area contributed by atoms with Crippen LogP contribution in [0.15, 0.2) is 54.7 Å². The number of nitrogens with one attached hydrogen (secondary N) is 3. The molecule has 1 aliphatic rings. The zero-order chi connectivity index (χ0) is 17.8. The number of hydrogen-bond acceptors (Lipinski definition) is 1. The first-order valence-corrected chi connectivity index (χ1v) is 9.51. The van der Waals surface area contributed by atoms with Crippen molar-refractivity contribution in [3.8, 4) is 0 Å². The van der Waals surface area contributed by atoms with E-state index in [0.717, 1.165) is 28.6 Å². The van der Waals surface area contributed by atoms with Crippen LogP contribution in [0.3, 0.4) is 0 Å². The van der Waals surface area contributed by atoms with E-state index in [9.17, 15) is 4.79 Å². The first-order chi connectivity index (χ1) is 12.8. The molecule has 1 aromatic heterocycles. The third-order valence-electron chi connectivity index (χ3n) is 5.30. The van der Waals surface area contributed by atoms with Gasteiger partial charge < -0.3 is 15.2 Å². The highest BCUT2D eigenvalue weighted by atomic mass is 16.1. The Labute approximate surface area is 154 Å². The molecule has 1 aliphatic heterocycles. The summed E-state index contributed by atoms with van der Waals surface area (Å²) in [5.41, 5.74) is 4.65. The minimum atomic E-state index is 0.0559. The molecule has 4 nitrogen and oxygen atoms in total. The second kappa shape index (κ2) is 7.75. The number of quaternary nitrogens is 1. The summed E-state index contributed by atoms with van der Waals surface area (Å²) in [6.45, 7) is 4.29. The quantitative estimate of drug-likeness (QED) is 0.628. The maximum absolute atomic E-state index is 12.3. The van der Waals surface area contributed by atoms with E-state index in [2.05, 4.69) is 40.6 Å². The molecule has 2 aromatic carbocycles. The average molecular weight is 348 g/mol. The number of carbonyl (C=O) groups is 1. The Morgan fingerprint density at radius 3 is 2.54 bits per heavy atom. The fraction of sp³-hybridized carbons (Fsp3) is 0.318. The van der Waals surface area contributed by atoms with Crippen LogP contribution in [0.2, 0.25) is 0 Å². The highest BCUT2D eigenvalue weighted by molar-refractivity contribution is 5.88. The van der Waals surface area contributed by atoms with Crippen molar-refractivity contribution in [1.29, 1.82) is 0 Å². The largest absolute Gasteiger partial charge is 0.361 e. The van der Waals surface area contributed by atoms with Gasteiger partial charge in [0.25, 0.3) is 0 Å². The zero-order valence-electron chi connectivity index (χ0n) is 15.1. The van der Waals surface area contributed by atoms with Crippen molar-refractivity contribution >= 4 is 16.8 Å². The molecular weight excluding hydrogens is 322 g/mol. The molecule has 0 unspecified atom stereocenters. The van der Waals surface area contributed by atoms with Crippen molar-refractivity contribution in [2.24, 2.45) is 0 Å². The van der Waals surface area contributed by atoms with E-state index in [1.165, 1.54) is 31.5 Å². The molecule has 0 saturated carbocycles. The molecule has 0 bridgehead atoms. The standard InChI is InChI=1S/C22H25N3O/c26-22(13-19-15-23-21-6-2-1-5-20(19)21)24-14-17-7-9-18(10-8-17)16-25-11-3-4-12-25/h1-2,5-10,15,23H,3-4,11-14,16H2,(H,24,26)/p+1. The third-order valence-corrected chi connectivity index (χ3v) is 5.30. The molecule has 1 fully saturated rings. The van der Waals surface area contributed by atoms with E-state index < -0.39 is 0 Å². The molecule has 0 atom stereocenters. The fourth-order valence-corrected chi connectivity index (χ4v) is 3.83. The van der Waals surface area contributed by atoms with Crippen LogP contribution in [-0.4, -0.2) is 24.0 Å². The summed E-state index contributed by atoms with van der Waals surface area (Å²) in [5, 5.41) is 4.16. The topological polar surface area (TPSA) is 49.3 Å². The van der Waals surface area contributed by atoms with Gasteiger partial charge in [0.05, 0.1) is 19.5 Å². The molecule has 1 amide bonds. The van der Waals surface area contributed by atoms with Crippen molar-refractivity contribution < 1.29 is 9.69 Å². The van der Waals surface area contributed by atoms with Crippen molar-refractivity contribution in [1.82, 2.24) is 10.3 Å². The van der Waals surface area contributed by atoms with Gasteiger partial charge in [-0.1, -0.05) is 42.5 Å². The summed E-state index contributed by atoms with van der Waals surface area (Å²) in [7, 11) is 0. The summed E-state index contributed by atoms with van der Waals surface area (Å²) < 4.78 is 0. The Kier molecular flexibility index (Phi) is 5.02. The number of para-hydroxylation sites is 1. The van der Waals surface area contributed by atoms with Gasteiger partial charge in [-0.05, 0) is 17.2 Å². The van der Waals surface area contributed by atoms with E-state index in [0.29, 0.717) is 13.0 Å². The van der Waals surface area contributed by atoms with Crippen molar-refractivity contribution in [3.63, 3.8) is 0 Å². The minimum absolute atomic E-state index is 0.0559. The summed E-state index contributed by atoms with van der Waals surface area (Å²) in [6, 6.07) is 16.8. The Hall–Kier alpha value is -2.59. The smallest absolute Gasteiger partial charge is 0.224 e. The summed E-state index contributed by atoms with van der Waals surface area (Å²) in [6.07, 6.45) is 5.05. The van der Waals surface area contributed by atoms with Crippen LogP contribution in [0.25, 0.3) is 10.9 Å². The molecule has 0 radical (unpaired) electrons. The molecule has 3 N–H and O–H groups in total. The number of H-pyrrole nitrogens is 1. The van der Waals surface area contributed by atoms with Crippen LogP contribution >= 0.6 is 0 Å². The van der Waals surface area contributed by atoms with Crippen molar-refractivity contribution in [2.45, 2.75) is 32.4 Å². The second-order valence-electron chi connectivity index (χ2n) is 7.26. The number of aromatic amines is 1. The average Bonchev–Trinajstić information content (AvgIpc) is 3.32. The third kappa shape index (κ3) is 3.97. The Bertz CT molecular complexity index is 876. The number of rotatable bonds is 6. The normalized spacial score (nSPS) is 14.8. The Morgan fingerprint density at radius 1 is 1.00 bits per heavy atom. The summed E-state index contributed by atoms with van der Waals surface area (Å²) in [4.78, 5) is 17.2. The highest BCUT2D eigenvalue weighted by Crippen LogP contribution is 2.18. The number of carbonyl (C=O) groups excluding carboxylic acids is 1. The second-order valence-corrected chi connectivity index (χ2v) is 7.26. The van der Waals surface area contributed by atoms with Crippen LogP contribution in [-0.2, 0) is 24.3 Å². The molecule has 134 valence electrons. The maximum atomic E-state index is 12.3. The van der Waals surface area contributed by atoms with Gasteiger partial charge in [-0.15, -0.1) is 0 Å². The lowest BCUT2D eigenvalue weighted by molar-refractivity contribution is -0.901. The van der Waals surface area contributed by atoms with Gasteiger partial charge in [-0.25, -0.2) is 0 Å². The first-order valence-electron chi connectivity index (χ1n) is 9.51. The number of amides is 1. The SMILES string of the molecule is O=C(Cc1c[nH]c2ccccc12)NCc1ccc(C[NH+]2CCCC2)cc1. The van der Waals surface area contributed by atoms with Gasteiger partial charge in [0, 0.05) is 42.0 Å². The first kappa shape index (κ1) is 16.9. The monoisotopic (exact) mass is 348 g/mol. The van der Waals surface area contributed by atoms with Gasteiger partial charge in [0.15, 0.2) is 0 Å². The van der Waals surface area contributed by atoms with Crippen LogP contribution in [0.1, 0.15) is 29.5 Å². The number of hydrogen-bond donors (Lipinski definition) is 3. The molecular formula is C22H26N3O+. The van der Waals surface area contributed by atoms with Gasteiger partial charge >= 0.3 is 0 Å². The van der Waals surface area contributed by atoms with E-state index in [-0.39, 0.29) is 5.91 Å². The molecule has 0 aliphatic carbocycles. The summed E-state index contributed by atoms with van der Waals surface area (Å²) >= 11 is 0. The molecule has 3 aromatic rings. The van der Waals surface area contributed by atoms with Crippen molar-refractivity contribution in [3.05, 3.63) is 71.4 Å². The number of fused-ring (bicyclic) bond motifs is 1. The lowest BCUT2D eigenvalue weighted by Gasteiger charge is -2.12. The molecule has 2 heterocycles. The van der Waals surface area contributed by atoms with E-state index in [1.807, 2.05) is 24.4 Å². The molecule has 26 heavy (non-hydrogen) atoms. The minimum Gasteiger partial charge on any atom is -0.361 e. The highest BCUT2D eigenvalue weighted by Gasteiger charge is 2.15. The zero-order valence-corrected chi connectivity index (χ0v) is 15.1. The number of likely N-dealkylation sites (tertiary alicyclic amines) is 1. The van der Waals surface area contributed by atoms with Crippen molar-refractivity contribution in [2.75, 3.05) is 13.1 Å². The summed E-state index contributed by atoms with van der Waals surface area (Å²) in [5.74, 6) is 0.0559. The lowest BCUT2D eigenvalue weighted by Crippen LogP contribution is -3.08. The van der Waals surface area contributed by atoms with E-state index in [4.69, 9.17) is 0 Å². The molecule has 4 rings (SSSR count). The molecule has 1 saturated heterocycles. The van der Waals surface area contributed by atoms with Gasteiger partial charge in [0.2, 0.25) is 5.91 Å². The van der Waals surface area contributed by atoms with E-state index in [1.54, 1.807) is 4.90 Å².